The Balaban J connectivity index is 2.01. The molecule has 3 aromatic rings. The fourth-order valence-electron chi connectivity index (χ4n) is 3.09. The number of nitrogens with one attached hydrogen (secondary N) is 3. The van der Waals surface area contributed by atoms with Crippen molar-refractivity contribution in [3.05, 3.63) is 57.6 Å². The molecule has 160 valence electrons. The monoisotopic (exact) mass is 440 g/mol. The number of nitrogens with zero attached hydrogens (tertiary/aromatic N) is 3. The third-order valence-corrected chi connectivity index (χ3v) is 5.00. The molecule has 1 amide bonds. The van der Waals surface area contributed by atoms with E-state index in [2.05, 4.69) is 20.9 Å². The third-order valence-electron chi connectivity index (χ3n) is 4.72. The average Bonchev–Trinajstić information content (AvgIpc) is 2.75. The first-order chi connectivity index (χ1) is 14.8. The van der Waals surface area contributed by atoms with Gasteiger partial charge >= 0.3 is 0 Å². The van der Waals surface area contributed by atoms with Crippen molar-refractivity contribution in [1.29, 1.82) is 5.26 Å². The van der Waals surface area contributed by atoms with Gasteiger partial charge in [0, 0.05) is 42.6 Å². The minimum absolute atomic E-state index is 0.0979. The van der Waals surface area contributed by atoms with Crippen LogP contribution in [-0.4, -0.2) is 39.8 Å². The number of carbonyl (C=O) groups is 1. The van der Waals surface area contributed by atoms with E-state index in [1.165, 1.54) is 16.8 Å². The molecule has 31 heavy (non-hydrogen) atoms. The Morgan fingerprint density at radius 3 is 2.81 bits per heavy atom. The Hall–Kier alpha value is -3.61. The number of fused-ring (bicyclic) bond motifs is 1. The number of aryl methyl sites for hydroxylation is 1. The van der Waals surface area contributed by atoms with Crippen molar-refractivity contribution in [1.82, 2.24) is 14.9 Å². The smallest absolute Gasteiger partial charge is 0.252 e. The zero-order valence-electron chi connectivity index (χ0n) is 16.9. The molecule has 0 unspecified atom stereocenters. The Morgan fingerprint density at radius 2 is 2.10 bits per heavy atom. The number of hydrogen-bond acceptors (Lipinski definition) is 7. The number of aliphatic hydroxyl groups excluding tert-OH is 1. The van der Waals surface area contributed by atoms with Gasteiger partial charge in [-0.05, 0) is 31.2 Å². The van der Waals surface area contributed by atoms with Crippen molar-refractivity contribution in [2.24, 2.45) is 7.05 Å². The van der Waals surface area contributed by atoms with E-state index in [0.717, 1.165) is 0 Å². The van der Waals surface area contributed by atoms with Gasteiger partial charge in [0.05, 0.1) is 17.8 Å². The van der Waals surface area contributed by atoms with Gasteiger partial charge in [-0.25, -0.2) is 4.98 Å². The first kappa shape index (κ1) is 22.1. The van der Waals surface area contributed by atoms with E-state index in [1.807, 2.05) is 12.1 Å². The maximum Gasteiger partial charge on any atom is 0.252 e. The van der Waals surface area contributed by atoms with Gasteiger partial charge in [-0.3, -0.25) is 9.59 Å². The van der Waals surface area contributed by atoms with E-state index in [0.29, 0.717) is 28.0 Å². The van der Waals surface area contributed by atoms with Crippen LogP contribution in [0.5, 0.6) is 0 Å². The molecule has 1 atom stereocenters. The fraction of sp³-hybridized carbons (Fsp3) is 0.238. The van der Waals surface area contributed by atoms with Crippen LogP contribution in [0, 0.1) is 11.3 Å². The van der Waals surface area contributed by atoms with Crippen molar-refractivity contribution in [2.45, 2.75) is 13.0 Å². The van der Waals surface area contributed by atoms with E-state index in [4.69, 9.17) is 16.7 Å². The van der Waals surface area contributed by atoms with Crippen molar-refractivity contribution >= 4 is 45.5 Å². The van der Waals surface area contributed by atoms with Crippen molar-refractivity contribution in [2.75, 3.05) is 23.8 Å². The summed E-state index contributed by atoms with van der Waals surface area (Å²) < 4.78 is 1.50. The van der Waals surface area contributed by atoms with Crippen LogP contribution < -0.4 is 21.5 Å². The van der Waals surface area contributed by atoms with Crippen LogP contribution in [0.15, 0.2) is 41.3 Å². The number of carbonyl (C=O) groups excluding carboxylic acids is 1. The summed E-state index contributed by atoms with van der Waals surface area (Å²) in [5.41, 5.74) is 2.30. The van der Waals surface area contributed by atoms with Gasteiger partial charge < -0.3 is 25.6 Å². The third kappa shape index (κ3) is 4.77. The van der Waals surface area contributed by atoms with Gasteiger partial charge in [0.25, 0.3) is 5.56 Å². The Labute approximate surface area is 183 Å². The molecule has 0 aliphatic heterocycles. The second kappa shape index (κ2) is 9.47. The van der Waals surface area contributed by atoms with Gasteiger partial charge in [-0.1, -0.05) is 11.6 Å². The number of benzene rings is 1. The van der Waals surface area contributed by atoms with Gasteiger partial charge in [0.1, 0.15) is 22.8 Å². The molecular weight excluding hydrogens is 420 g/mol. The number of pyridine rings is 2. The van der Waals surface area contributed by atoms with E-state index >= 15 is 0 Å². The highest BCUT2D eigenvalue weighted by Crippen LogP contribution is 2.29. The molecule has 4 N–H and O–H groups in total. The van der Waals surface area contributed by atoms with E-state index in [1.54, 1.807) is 32.2 Å². The van der Waals surface area contributed by atoms with Gasteiger partial charge in [-0.15, -0.1) is 0 Å². The molecule has 0 aliphatic carbocycles. The molecule has 0 fully saturated rings. The highest BCUT2D eigenvalue weighted by molar-refractivity contribution is 6.31. The Kier molecular flexibility index (Phi) is 6.74. The van der Waals surface area contributed by atoms with Gasteiger partial charge in [-0.2, -0.15) is 5.26 Å². The SMILES string of the molecule is C[C@@H](Nc1cc(=O)n(C)c2ccc(Nc3ccnc(Cl)c3C#N)cc12)C(=O)NCCO. The van der Waals surface area contributed by atoms with Crippen molar-refractivity contribution in [3.8, 4) is 6.07 Å². The van der Waals surface area contributed by atoms with Crippen LogP contribution in [0.25, 0.3) is 10.9 Å². The number of nitriles is 1. The van der Waals surface area contributed by atoms with Crippen molar-refractivity contribution < 1.29 is 9.90 Å². The molecular formula is C21H21ClN6O3. The number of aromatic nitrogens is 2. The van der Waals surface area contributed by atoms with Crippen LogP contribution in [-0.2, 0) is 11.8 Å². The normalized spacial score (nSPS) is 11.6. The number of hydrogen-bond donors (Lipinski definition) is 4. The fourth-order valence-corrected chi connectivity index (χ4v) is 3.29. The van der Waals surface area contributed by atoms with Crippen LogP contribution in [0.3, 0.4) is 0 Å². The van der Waals surface area contributed by atoms with Gasteiger partial charge in [0.15, 0.2) is 0 Å². The molecule has 2 aromatic heterocycles. The molecule has 2 heterocycles. The molecule has 0 bridgehead atoms. The minimum Gasteiger partial charge on any atom is -0.395 e. The van der Waals surface area contributed by atoms with Crippen molar-refractivity contribution in [3.63, 3.8) is 0 Å². The Morgan fingerprint density at radius 1 is 1.32 bits per heavy atom. The standard InChI is InChI=1S/C21H21ClN6O3/c1-12(21(31)25-7-8-29)26-17-10-19(30)28(2)18-4-3-13(9-14(17)18)27-16-5-6-24-20(22)15(16)11-23/h3-6,9-10,12,26,29H,7-8H2,1-2H3,(H,24,27)(H,25,31)/t12-/m1/s1. The molecule has 1 aromatic carbocycles. The summed E-state index contributed by atoms with van der Waals surface area (Å²) in [5, 5.41) is 27.8. The lowest BCUT2D eigenvalue weighted by molar-refractivity contribution is -0.121. The molecule has 0 saturated heterocycles. The van der Waals surface area contributed by atoms with Crippen LogP contribution >= 0.6 is 11.6 Å². The highest BCUT2D eigenvalue weighted by atomic mass is 35.5. The summed E-state index contributed by atoms with van der Waals surface area (Å²) in [6.07, 6.45) is 1.50. The number of aliphatic hydroxyl groups is 1. The largest absolute Gasteiger partial charge is 0.395 e. The highest BCUT2D eigenvalue weighted by Gasteiger charge is 2.16. The van der Waals surface area contributed by atoms with E-state index in [9.17, 15) is 14.9 Å². The summed E-state index contributed by atoms with van der Waals surface area (Å²) in [6, 6.07) is 9.81. The predicted molar refractivity (Wildman–Crippen MR) is 120 cm³/mol. The summed E-state index contributed by atoms with van der Waals surface area (Å²) in [4.78, 5) is 28.5. The first-order valence-corrected chi connectivity index (χ1v) is 9.84. The lowest BCUT2D eigenvalue weighted by Gasteiger charge is -2.18. The van der Waals surface area contributed by atoms with Crippen LogP contribution in [0.1, 0.15) is 12.5 Å². The quantitative estimate of drug-likeness (QED) is 0.413. The molecule has 3 rings (SSSR count). The second-order valence-electron chi connectivity index (χ2n) is 6.83. The van der Waals surface area contributed by atoms with E-state index in [-0.39, 0.29) is 35.3 Å². The average molecular weight is 441 g/mol. The summed E-state index contributed by atoms with van der Waals surface area (Å²) >= 11 is 6.00. The van der Waals surface area contributed by atoms with E-state index < -0.39 is 6.04 Å². The van der Waals surface area contributed by atoms with Gasteiger partial charge in [0.2, 0.25) is 5.91 Å². The lowest BCUT2D eigenvalue weighted by Crippen LogP contribution is -2.39. The zero-order chi connectivity index (χ0) is 22.5. The molecule has 10 heteroatoms. The second-order valence-corrected chi connectivity index (χ2v) is 7.19. The number of amides is 1. The summed E-state index contributed by atoms with van der Waals surface area (Å²) in [6.45, 7) is 1.65. The minimum atomic E-state index is -0.636. The molecule has 0 aliphatic rings. The molecule has 0 saturated carbocycles. The number of rotatable bonds is 7. The van der Waals surface area contributed by atoms with Crippen LogP contribution in [0.4, 0.5) is 17.1 Å². The number of anilines is 3. The molecule has 0 spiro atoms. The zero-order valence-corrected chi connectivity index (χ0v) is 17.7. The lowest BCUT2D eigenvalue weighted by atomic mass is 10.1. The summed E-state index contributed by atoms with van der Waals surface area (Å²) in [7, 11) is 1.66. The van der Waals surface area contributed by atoms with Crippen LogP contribution in [0.2, 0.25) is 5.15 Å². The maximum absolute atomic E-state index is 12.4. The summed E-state index contributed by atoms with van der Waals surface area (Å²) in [5.74, 6) is -0.303. The molecule has 9 nitrogen and oxygen atoms in total. The first-order valence-electron chi connectivity index (χ1n) is 9.46. The Bertz CT molecular complexity index is 1230. The predicted octanol–water partition coefficient (Wildman–Crippen LogP) is 2.11. The molecule has 0 radical (unpaired) electrons. The number of halogens is 1. The maximum atomic E-state index is 12.4. The topological polar surface area (TPSA) is 132 Å².